The van der Waals surface area contributed by atoms with E-state index in [1.54, 1.807) is 32.0 Å². The molecule has 8 heteroatoms. The average Bonchev–Trinajstić information content (AvgIpc) is 2.64. The summed E-state index contributed by atoms with van der Waals surface area (Å²) in [6.45, 7) is 4.79. The normalized spacial score (nSPS) is 19.9. The van der Waals surface area contributed by atoms with Crippen molar-refractivity contribution in [3.05, 3.63) is 69.3 Å². The summed E-state index contributed by atoms with van der Waals surface area (Å²) in [4.78, 5) is 34.8. The van der Waals surface area contributed by atoms with Crippen LogP contribution in [0.4, 0.5) is 5.69 Å². The molecule has 2 unspecified atom stereocenters. The lowest BCUT2D eigenvalue weighted by Gasteiger charge is -2.42. The molecule has 8 nitrogen and oxygen atoms in total. The van der Waals surface area contributed by atoms with Crippen LogP contribution in [0, 0.1) is 10.1 Å². The lowest BCUT2D eigenvalue weighted by atomic mass is 9.85. The van der Waals surface area contributed by atoms with Gasteiger partial charge in [-0.25, -0.2) is 0 Å². The first-order valence-corrected chi connectivity index (χ1v) is 8.67. The van der Waals surface area contributed by atoms with Crippen molar-refractivity contribution in [2.75, 3.05) is 0 Å². The first-order valence-electron chi connectivity index (χ1n) is 8.67. The molecule has 1 heterocycles. The van der Waals surface area contributed by atoms with Gasteiger partial charge in [0.25, 0.3) is 11.6 Å². The molecule has 0 bridgehead atoms. The molecule has 0 saturated carbocycles. The highest BCUT2D eigenvalue weighted by molar-refractivity contribution is 5.96. The first-order chi connectivity index (χ1) is 13.1. The largest absolute Gasteiger partial charge is 0.485 e. The third-order valence-corrected chi connectivity index (χ3v) is 4.76. The summed E-state index contributed by atoms with van der Waals surface area (Å²) in [6.07, 6.45) is -1.11. The molecule has 1 amide bonds. The number of amides is 1. The average molecular weight is 384 g/mol. The number of ether oxygens (including phenoxy) is 1. The van der Waals surface area contributed by atoms with Crippen LogP contribution in [0.5, 0.6) is 5.75 Å². The van der Waals surface area contributed by atoms with Crippen LogP contribution >= 0.6 is 0 Å². The van der Waals surface area contributed by atoms with Gasteiger partial charge in [-0.2, -0.15) is 0 Å². The number of aliphatic hydroxyl groups is 1. The Hall–Kier alpha value is -3.26. The predicted octanol–water partition coefficient (Wildman–Crippen LogP) is 2.80. The number of ketones is 1. The zero-order valence-corrected chi connectivity index (χ0v) is 15.6. The van der Waals surface area contributed by atoms with Crippen LogP contribution in [-0.4, -0.2) is 33.4 Å². The van der Waals surface area contributed by atoms with Crippen molar-refractivity contribution in [1.82, 2.24) is 5.32 Å². The van der Waals surface area contributed by atoms with Crippen LogP contribution in [-0.2, 0) is 0 Å². The molecule has 2 aromatic rings. The van der Waals surface area contributed by atoms with Gasteiger partial charge >= 0.3 is 0 Å². The van der Waals surface area contributed by atoms with Crippen molar-refractivity contribution in [3.63, 3.8) is 0 Å². The van der Waals surface area contributed by atoms with Gasteiger partial charge in [0.1, 0.15) is 17.5 Å². The van der Waals surface area contributed by atoms with E-state index in [4.69, 9.17) is 4.74 Å². The van der Waals surface area contributed by atoms with Crippen molar-refractivity contribution in [2.45, 2.75) is 38.5 Å². The number of rotatable bonds is 4. The third-order valence-electron chi connectivity index (χ3n) is 4.76. The molecule has 146 valence electrons. The summed E-state index contributed by atoms with van der Waals surface area (Å²) >= 11 is 0. The van der Waals surface area contributed by atoms with Crippen LogP contribution in [0.1, 0.15) is 53.1 Å². The highest BCUT2D eigenvalue weighted by atomic mass is 16.6. The number of nitro groups is 1. The molecule has 28 heavy (non-hydrogen) atoms. The van der Waals surface area contributed by atoms with E-state index < -0.39 is 28.6 Å². The quantitative estimate of drug-likeness (QED) is 0.475. The minimum atomic E-state index is -1.11. The number of carbonyl (C=O) groups is 2. The molecular formula is C20H20N2O6. The molecule has 0 aromatic heterocycles. The summed E-state index contributed by atoms with van der Waals surface area (Å²) in [5.74, 6) is -0.292. The number of aliphatic hydroxyl groups excluding tert-OH is 1. The fraction of sp³-hybridized carbons (Fsp3) is 0.300. The molecule has 0 radical (unpaired) electrons. The number of Topliss-reactive ketones (excluding diaryl/α,β-unsaturated/α-hetero) is 1. The smallest absolute Gasteiger partial charge is 0.270 e. The van der Waals surface area contributed by atoms with E-state index in [1.165, 1.54) is 31.2 Å². The third kappa shape index (κ3) is 3.59. The molecule has 0 saturated heterocycles. The predicted molar refractivity (Wildman–Crippen MR) is 100 cm³/mol. The zero-order valence-electron chi connectivity index (χ0n) is 15.6. The van der Waals surface area contributed by atoms with E-state index in [2.05, 4.69) is 5.32 Å². The molecule has 1 aliphatic rings. The van der Waals surface area contributed by atoms with Crippen molar-refractivity contribution in [1.29, 1.82) is 0 Å². The van der Waals surface area contributed by atoms with Gasteiger partial charge in [0.15, 0.2) is 5.78 Å². The first kappa shape index (κ1) is 19.5. The Morgan fingerprint density at radius 2 is 1.89 bits per heavy atom. The number of benzene rings is 2. The second-order valence-corrected chi connectivity index (χ2v) is 7.22. The second kappa shape index (κ2) is 7.05. The highest BCUT2D eigenvalue weighted by Gasteiger charge is 2.43. The van der Waals surface area contributed by atoms with Gasteiger partial charge in [-0.3, -0.25) is 19.7 Å². The molecule has 2 aromatic carbocycles. The number of nitro benzene ring substituents is 1. The standard InChI is InChI=1S/C20H20N2O6/c1-11(23)12-7-8-16-15(10-12)17(18(24)20(2,3)28-16)21-19(25)13-5-4-6-14(9-13)22(26)27/h4-10,17-18,24H,1-3H3,(H,21,25). The van der Waals surface area contributed by atoms with Gasteiger partial charge in [0.05, 0.1) is 11.0 Å². The van der Waals surface area contributed by atoms with Crippen LogP contribution < -0.4 is 10.1 Å². The summed E-state index contributed by atoms with van der Waals surface area (Å²) in [6, 6.07) is 9.29. The van der Waals surface area contributed by atoms with Gasteiger partial charge in [-0.15, -0.1) is 0 Å². The summed E-state index contributed by atoms with van der Waals surface area (Å²) in [5, 5.41) is 24.5. The fourth-order valence-corrected chi connectivity index (χ4v) is 3.16. The lowest BCUT2D eigenvalue weighted by molar-refractivity contribution is -0.384. The molecule has 0 aliphatic carbocycles. The number of nitrogens with one attached hydrogen (secondary N) is 1. The zero-order chi connectivity index (χ0) is 20.6. The van der Waals surface area contributed by atoms with E-state index in [9.17, 15) is 24.8 Å². The molecule has 1 aliphatic heterocycles. The SMILES string of the molecule is CC(=O)c1ccc2c(c1)C(NC(=O)c1cccc([N+](=O)[O-])c1)C(O)C(C)(C)O2. The Balaban J connectivity index is 1.99. The van der Waals surface area contributed by atoms with E-state index in [-0.39, 0.29) is 17.0 Å². The summed E-state index contributed by atoms with van der Waals surface area (Å²) < 4.78 is 5.83. The van der Waals surface area contributed by atoms with Gasteiger partial charge in [0, 0.05) is 28.8 Å². The number of carbonyl (C=O) groups excluding carboxylic acids is 2. The molecule has 2 atom stereocenters. The topological polar surface area (TPSA) is 119 Å². The Kier molecular flexibility index (Phi) is 4.91. The maximum atomic E-state index is 12.7. The van der Waals surface area contributed by atoms with E-state index in [0.717, 1.165) is 0 Å². The van der Waals surface area contributed by atoms with Crippen molar-refractivity contribution in [2.24, 2.45) is 0 Å². The van der Waals surface area contributed by atoms with Gasteiger partial charge in [-0.1, -0.05) is 6.07 Å². The number of fused-ring (bicyclic) bond motifs is 1. The van der Waals surface area contributed by atoms with Gasteiger partial charge in [-0.05, 0) is 45.0 Å². The maximum Gasteiger partial charge on any atom is 0.270 e. The van der Waals surface area contributed by atoms with Crippen LogP contribution in [0.2, 0.25) is 0 Å². The Morgan fingerprint density at radius 3 is 2.54 bits per heavy atom. The van der Waals surface area contributed by atoms with Crippen molar-refractivity contribution < 1.29 is 24.4 Å². The Bertz CT molecular complexity index is 969. The maximum absolute atomic E-state index is 12.7. The summed E-state index contributed by atoms with van der Waals surface area (Å²) in [5.41, 5.74) is -0.220. The lowest BCUT2D eigenvalue weighted by Crippen LogP contribution is -2.53. The van der Waals surface area contributed by atoms with Crippen LogP contribution in [0.25, 0.3) is 0 Å². The van der Waals surface area contributed by atoms with Crippen LogP contribution in [0.3, 0.4) is 0 Å². The van der Waals surface area contributed by atoms with Crippen molar-refractivity contribution >= 4 is 17.4 Å². The second-order valence-electron chi connectivity index (χ2n) is 7.22. The molecule has 0 fully saturated rings. The summed E-state index contributed by atoms with van der Waals surface area (Å²) in [7, 11) is 0. The number of hydrogen-bond acceptors (Lipinski definition) is 6. The fourth-order valence-electron chi connectivity index (χ4n) is 3.16. The van der Waals surface area contributed by atoms with Gasteiger partial charge < -0.3 is 15.2 Å². The Labute approximate surface area is 161 Å². The monoisotopic (exact) mass is 384 g/mol. The van der Waals surface area contributed by atoms with Crippen LogP contribution in [0.15, 0.2) is 42.5 Å². The molecule has 2 N–H and O–H groups in total. The molecular weight excluding hydrogens is 364 g/mol. The Morgan fingerprint density at radius 1 is 1.18 bits per heavy atom. The highest BCUT2D eigenvalue weighted by Crippen LogP contribution is 2.40. The van der Waals surface area contributed by atoms with E-state index >= 15 is 0 Å². The van der Waals surface area contributed by atoms with Gasteiger partial charge in [0.2, 0.25) is 0 Å². The minimum Gasteiger partial charge on any atom is -0.485 e. The number of nitrogens with zero attached hydrogens (tertiary/aromatic N) is 1. The van der Waals surface area contributed by atoms with E-state index in [1.807, 2.05) is 0 Å². The molecule has 0 spiro atoms. The minimum absolute atomic E-state index is 0.0926. The van der Waals surface area contributed by atoms with E-state index in [0.29, 0.717) is 16.9 Å². The number of hydrogen-bond donors (Lipinski definition) is 2. The number of non-ortho nitro benzene ring substituents is 1. The molecule has 3 rings (SSSR count). The van der Waals surface area contributed by atoms with Crippen molar-refractivity contribution in [3.8, 4) is 5.75 Å².